The molecule has 0 saturated carbocycles. The Labute approximate surface area is 116 Å². The average Bonchev–Trinajstić information content (AvgIpc) is 2.87. The maximum absolute atomic E-state index is 11.1. The van der Waals surface area contributed by atoms with Gasteiger partial charge in [-0.1, -0.05) is 12.1 Å². The van der Waals surface area contributed by atoms with Gasteiger partial charge in [0.2, 0.25) is 0 Å². The van der Waals surface area contributed by atoms with Crippen LogP contribution in [0.3, 0.4) is 0 Å². The monoisotopic (exact) mass is 275 g/mol. The third-order valence-corrected chi connectivity index (χ3v) is 4.43. The third-order valence-electron chi connectivity index (χ3n) is 3.38. The zero-order valence-electron chi connectivity index (χ0n) is 10.6. The summed E-state index contributed by atoms with van der Waals surface area (Å²) in [5.74, 6) is 2.50. The molecular formula is C14H17N3OS. The van der Waals surface area contributed by atoms with Gasteiger partial charge in [-0.25, -0.2) is 0 Å². The molecule has 0 bridgehead atoms. The lowest BCUT2D eigenvalue weighted by atomic mass is 10.1. The number of anilines is 1. The van der Waals surface area contributed by atoms with Crippen molar-refractivity contribution in [3.63, 3.8) is 0 Å². The standard InChI is InChI=1S/C14H17N3OS/c18-14-9-13(16-17-14)10-1-3-11(4-2-10)15-12-5-7-19-8-6-12/h1-4,9,12,15H,5-8H2,(H2,16,17,18). The Morgan fingerprint density at radius 1 is 1.11 bits per heavy atom. The van der Waals surface area contributed by atoms with E-state index >= 15 is 0 Å². The van der Waals surface area contributed by atoms with E-state index in [1.165, 1.54) is 24.3 Å². The molecule has 1 aliphatic rings. The molecule has 100 valence electrons. The first-order valence-corrected chi connectivity index (χ1v) is 7.69. The molecular weight excluding hydrogens is 258 g/mol. The van der Waals surface area contributed by atoms with E-state index in [0.29, 0.717) is 6.04 Å². The topological polar surface area (TPSA) is 60.7 Å². The quantitative estimate of drug-likeness (QED) is 0.807. The summed E-state index contributed by atoms with van der Waals surface area (Å²) in [5.41, 5.74) is 2.89. The van der Waals surface area contributed by atoms with Gasteiger partial charge in [-0.2, -0.15) is 11.8 Å². The molecule has 1 aromatic carbocycles. The summed E-state index contributed by atoms with van der Waals surface area (Å²) >= 11 is 2.03. The van der Waals surface area contributed by atoms with Crippen LogP contribution in [0.1, 0.15) is 12.8 Å². The van der Waals surface area contributed by atoms with Crippen LogP contribution >= 0.6 is 11.8 Å². The molecule has 0 spiro atoms. The highest BCUT2D eigenvalue weighted by Gasteiger charge is 2.13. The Hall–Kier alpha value is -1.62. The summed E-state index contributed by atoms with van der Waals surface area (Å²) in [6, 6.07) is 10.4. The van der Waals surface area contributed by atoms with Crippen LogP contribution in [-0.2, 0) is 0 Å². The summed E-state index contributed by atoms with van der Waals surface area (Å²) in [6.45, 7) is 0. The molecule has 1 aliphatic heterocycles. The van der Waals surface area contributed by atoms with E-state index in [1.54, 1.807) is 6.07 Å². The molecule has 0 aliphatic carbocycles. The molecule has 4 nitrogen and oxygen atoms in total. The van der Waals surface area contributed by atoms with Crippen LogP contribution in [0.4, 0.5) is 5.69 Å². The van der Waals surface area contributed by atoms with Gasteiger partial charge in [-0.05, 0) is 42.0 Å². The van der Waals surface area contributed by atoms with Gasteiger partial charge in [0.05, 0.1) is 5.69 Å². The summed E-state index contributed by atoms with van der Waals surface area (Å²) < 4.78 is 0. The Balaban J connectivity index is 1.70. The predicted molar refractivity (Wildman–Crippen MR) is 80.8 cm³/mol. The molecule has 2 heterocycles. The van der Waals surface area contributed by atoms with Crippen LogP contribution in [0.2, 0.25) is 0 Å². The summed E-state index contributed by atoms with van der Waals surface area (Å²) in [5, 5.41) is 8.98. The van der Waals surface area contributed by atoms with Crippen LogP contribution in [0.15, 0.2) is 35.1 Å². The van der Waals surface area contributed by atoms with E-state index in [9.17, 15) is 4.79 Å². The minimum Gasteiger partial charge on any atom is -0.382 e. The maximum Gasteiger partial charge on any atom is 0.264 e. The minimum atomic E-state index is -0.100. The van der Waals surface area contributed by atoms with E-state index in [0.717, 1.165) is 16.9 Å². The summed E-state index contributed by atoms with van der Waals surface area (Å²) in [6.07, 6.45) is 2.47. The highest BCUT2D eigenvalue weighted by molar-refractivity contribution is 7.99. The normalized spacial score (nSPS) is 16.4. The molecule has 0 unspecified atom stereocenters. The zero-order chi connectivity index (χ0) is 13.1. The minimum absolute atomic E-state index is 0.100. The largest absolute Gasteiger partial charge is 0.382 e. The first kappa shape index (κ1) is 12.4. The van der Waals surface area contributed by atoms with Crippen molar-refractivity contribution < 1.29 is 0 Å². The molecule has 5 heteroatoms. The van der Waals surface area contributed by atoms with Crippen LogP contribution in [-0.4, -0.2) is 27.7 Å². The van der Waals surface area contributed by atoms with E-state index in [2.05, 4.69) is 27.6 Å². The maximum atomic E-state index is 11.1. The van der Waals surface area contributed by atoms with Crippen molar-refractivity contribution in [3.8, 4) is 11.3 Å². The van der Waals surface area contributed by atoms with Crippen molar-refractivity contribution in [1.29, 1.82) is 0 Å². The van der Waals surface area contributed by atoms with Gasteiger partial charge in [-0.15, -0.1) is 0 Å². The van der Waals surface area contributed by atoms with E-state index in [1.807, 2.05) is 23.9 Å². The van der Waals surface area contributed by atoms with Crippen molar-refractivity contribution in [2.45, 2.75) is 18.9 Å². The molecule has 19 heavy (non-hydrogen) atoms. The van der Waals surface area contributed by atoms with Gasteiger partial charge in [-0.3, -0.25) is 15.0 Å². The van der Waals surface area contributed by atoms with Crippen molar-refractivity contribution >= 4 is 17.4 Å². The Bertz CT molecular complexity index is 581. The summed E-state index contributed by atoms with van der Waals surface area (Å²) in [4.78, 5) is 11.1. The highest BCUT2D eigenvalue weighted by Crippen LogP contribution is 2.23. The van der Waals surface area contributed by atoms with Crippen molar-refractivity contribution in [3.05, 3.63) is 40.7 Å². The number of hydrogen-bond acceptors (Lipinski definition) is 3. The number of aromatic amines is 2. The van der Waals surface area contributed by atoms with Crippen LogP contribution in [0.5, 0.6) is 0 Å². The lowest BCUT2D eigenvalue weighted by Gasteiger charge is -2.23. The molecule has 1 aromatic heterocycles. The molecule has 0 radical (unpaired) electrons. The molecule has 0 amide bonds. The second-order valence-corrected chi connectivity index (χ2v) is 6.01. The predicted octanol–water partition coefficient (Wildman–Crippen LogP) is 2.68. The van der Waals surface area contributed by atoms with Crippen LogP contribution < -0.4 is 10.9 Å². The fourth-order valence-corrected chi connectivity index (χ4v) is 3.42. The van der Waals surface area contributed by atoms with Crippen molar-refractivity contribution in [1.82, 2.24) is 10.2 Å². The smallest absolute Gasteiger partial charge is 0.264 e. The fraction of sp³-hybridized carbons (Fsp3) is 0.357. The average molecular weight is 275 g/mol. The van der Waals surface area contributed by atoms with E-state index in [4.69, 9.17) is 0 Å². The fourth-order valence-electron chi connectivity index (χ4n) is 2.31. The SMILES string of the molecule is O=c1cc(-c2ccc(NC3CCSCC3)cc2)[nH][nH]1. The van der Waals surface area contributed by atoms with E-state index < -0.39 is 0 Å². The molecule has 1 fully saturated rings. The molecule has 1 saturated heterocycles. The van der Waals surface area contributed by atoms with Gasteiger partial charge >= 0.3 is 0 Å². The van der Waals surface area contributed by atoms with Crippen molar-refractivity contribution in [2.75, 3.05) is 16.8 Å². The van der Waals surface area contributed by atoms with Gasteiger partial charge in [0.1, 0.15) is 0 Å². The molecule has 3 rings (SSSR count). The lowest BCUT2D eigenvalue weighted by Crippen LogP contribution is -2.24. The second-order valence-electron chi connectivity index (χ2n) is 4.78. The Kier molecular flexibility index (Phi) is 3.64. The molecule has 0 atom stereocenters. The van der Waals surface area contributed by atoms with Gasteiger partial charge in [0.25, 0.3) is 5.56 Å². The summed E-state index contributed by atoms with van der Waals surface area (Å²) in [7, 11) is 0. The number of rotatable bonds is 3. The zero-order valence-corrected chi connectivity index (χ0v) is 11.4. The number of aromatic nitrogens is 2. The second kappa shape index (κ2) is 5.57. The van der Waals surface area contributed by atoms with Crippen LogP contribution in [0, 0.1) is 0 Å². The van der Waals surface area contributed by atoms with Gasteiger partial charge < -0.3 is 5.32 Å². The van der Waals surface area contributed by atoms with E-state index in [-0.39, 0.29) is 5.56 Å². The number of hydrogen-bond donors (Lipinski definition) is 3. The third kappa shape index (κ3) is 3.04. The molecule has 2 aromatic rings. The van der Waals surface area contributed by atoms with Crippen molar-refractivity contribution in [2.24, 2.45) is 0 Å². The number of H-pyrrole nitrogens is 2. The number of benzene rings is 1. The Morgan fingerprint density at radius 2 is 1.84 bits per heavy atom. The lowest BCUT2D eigenvalue weighted by molar-refractivity contribution is 0.667. The van der Waals surface area contributed by atoms with Gasteiger partial charge in [0, 0.05) is 17.8 Å². The first-order chi connectivity index (χ1) is 9.31. The van der Waals surface area contributed by atoms with Gasteiger partial charge in [0.15, 0.2) is 0 Å². The molecule has 3 N–H and O–H groups in total. The number of thioether (sulfide) groups is 1. The highest BCUT2D eigenvalue weighted by atomic mass is 32.2. The first-order valence-electron chi connectivity index (χ1n) is 6.54. The van der Waals surface area contributed by atoms with Crippen LogP contribution in [0.25, 0.3) is 11.3 Å². The number of nitrogens with one attached hydrogen (secondary N) is 3. The Morgan fingerprint density at radius 3 is 2.47 bits per heavy atom.